The number of carbonyl (C=O) groups excluding carboxylic acids is 1. The minimum absolute atomic E-state index is 0.356. The third-order valence-electron chi connectivity index (χ3n) is 3.27. The molecule has 0 aliphatic rings. The molecular formula is C16H16N6O. The van der Waals surface area contributed by atoms with Gasteiger partial charge >= 0.3 is 6.03 Å². The molecule has 2 amide bonds. The summed E-state index contributed by atoms with van der Waals surface area (Å²) in [5.74, 6) is 0.734. The van der Waals surface area contributed by atoms with Gasteiger partial charge in [0.05, 0.1) is 5.56 Å². The van der Waals surface area contributed by atoms with Crippen molar-refractivity contribution in [1.29, 1.82) is 0 Å². The number of H-pyrrole nitrogens is 1. The smallest absolute Gasteiger partial charge is 0.320 e. The first-order chi connectivity index (χ1) is 11.2. The van der Waals surface area contributed by atoms with E-state index in [2.05, 4.69) is 25.8 Å². The second-order valence-electron chi connectivity index (χ2n) is 4.90. The Morgan fingerprint density at radius 1 is 1.17 bits per heavy atom. The van der Waals surface area contributed by atoms with Gasteiger partial charge in [-0.2, -0.15) is 5.10 Å². The molecule has 2 aromatic heterocycles. The molecule has 0 unspecified atom stereocenters. The number of nitrogen functional groups attached to an aromatic ring is 1. The van der Waals surface area contributed by atoms with E-state index in [0.29, 0.717) is 23.7 Å². The van der Waals surface area contributed by atoms with E-state index in [9.17, 15) is 4.79 Å². The fraction of sp³-hybridized carbons (Fsp3) is 0.0625. The molecule has 0 bridgehead atoms. The lowest BCUT2D eigenvalue weighted by atomic mass is 10.1. The first-order valence-corrected chi connectivity index (χ1v) is 7.07. The number of amides is 2. The van der Waals surface area contributed by atoms with Crippen LogP contribution in [-0.2, 0) is 6.54 Å². The number of aromatic nitrogens is 3. The number of hydrogen-bond acceptors (Lipinski definition) is 4. The molecule has 0 saturated heterocycles. The van der Waals surface area contributed by atoms with E-state index in [1.54, 1.807) is 18.5 Å². The van der Waals surface area contributed by atoms with Gasteiger partial charge in [-0.15, -0.1) is 0 Å². The number of hydrogen-bond donors (Lipinski definition) is 4. The van der Waals surface area contributed by atoms with Gasteiger partial charge in [0.15, 0.2) is 5.82 Å². The molecule has 116 valence electrons. The van der Waals surface area contributed by atoms with E-state index >= 15 is 0 Å². The minimum Gasteiger partial charge on any atom is -0.383 e. The number of rotatable bonds is 4. The lowest BCUT2D eigenvalue weighted by molar-refractivity contribution is 0.251. The highest BCUT2D eigenvalue weighted by atomic mass is 16.2. The van der Waals surface area contributed by atoms with Crippen LogP contribution in [0.15, 0.2) is 54.9 Å². The van der Waals surface area contributed by atoms with E-state index in [1.165, 1.54) is 0 Å². The molecule has 0 radical (unpaired) electrons. The first-order valence-electron chi connectivity index (χ1n) is 7.07. The van der Waals surface area contributed by atoms with Crippen molar-refractivity contribution in [3.05, 3.63) is 60.4 Å². The number of nitrogens with zero attached hydrogens (tertiary/aromatic N) is 2. The number of pyridine rings is 1. The van der Waals surface area contributed by atoms with E-state index in [0.717, 1.165) is 11.1 Å². The molecule has 5 N–H and O–H groups in total. The molecule has 0 aliphatic heterocycles. The number of nitrogens with two attached hydrogens (primary N) is 1. The molecule has 2 heterocycles. The number of aromatic amines is 1. The first kappa shape index (κ1) is 14.6. The summed E-state index contributed by atoms with van der Waals surface area (Å²) in [6.45, 7) is 0.425. The molecule has 1 aromatic carbocycles. The van der Waals surface area contributed by atoms with Crippen LogP contribution in [0.3, 0.4) is 0 Å². The summed E-state index contributed by atoms with van der Waals surface area (Å²) in [6.07, 6.45) is 3.33. The number of anilines is 2. The van der Waals surface area contributed by atoms with Crippen molar-refractivity contribution in [2.75, 3.05) is 11.1 Å². The quantitative estimate of drug-likeness (QED) is 0.593. The molecule has 7 heteroatoms. The van der Waals surface area contributed by atoms with E-state index in [-0.39, 0.29) is 6.03 Å². The third kappa shape index (κ3) is 3.46. The molecule has 0 atom stereocenters. The van der Waals surface area contributed by atoms with Crippen molar-refractivity contribution < 1.29 is 4.79 Å². The van der Waals surface area contributed by atoms with Crippen molar-refractivity contribution in [3.8, 4) is 11.1 Å². The Morgan fingerprint density at radius 3 is 2.74 bits per heavy atom. The molecule has 3 aromatic rings. The Labute approximate surface area is 132 Å². The number of benzene rings is 1. The van der Waals surface area contributed by atoms with Crippen LogP contribution >= 0.6 is 0 Å². The van der Waals surface area contributed by atoms with Gasteiger partial charge < -0.3 is 11.1 Å². The van der Waals surface area contributed by atoms with Gasteiger partial charge in [-0.1, -0.05) is 36.4 Å². The molecule has 0 saturated carbocycles. The van der Waals surface area contributed by atoms with Gasteiger partial charge in [0.2, 0.25) is 0 Å². The van der Waals surface area contributed by atoms with Crippen molar-refractivity contribution in [2.45, 2.75) is 6.54 Å². The van der Waals surface area contributed by atoms with Crippen LogP contribution in [0.2, 0.25) is 0 Å². The molecular weight excluding hydrogens is 292 g/mol. The zero-order valence-electron chi connectivity index (χ0n) is 12.3. The molecule has 0 aliphatic carbocycles. The zero-order chi connectivity index (χ0) is 16.1. The predicted molar refractivity (Wildman–Crippen MR) is 88.5 cm³/mol. The van der Waals surface area contributed by atoms with Crippen molar-refractivity contribution >= 4 is 17.7 Å². The highest BCUT2D eigenvalue weighted by Crippen LogP contribution is 2.30. The fourth-order valence-electron chi connectivity index (χ4n) is 2.18. The van der Waals surface area contributed by atoms with Crippen LogP contribution < -0.4 is 16.4 Å². The molecule has 3 rings (SSSR count). The minimum atomic E-state index is -0.356. The SMILES string of the molecule is Nc1[nH]nc(NC(=O)NCc2ccccc2)c1-c1cccnc1. The summed E-state index contributed by atoms with van der Waals surface area (Å²) in [4.78, 5) is 16.1. The van der Waals surface area contributed by atoms with E-state index in [1.807, 2.05) is 36.4 Å². The monoisotopic (exact) mass is 308 g/mol. The standard InChI is InChI=1S/C16H16N6O/c17-14-13(12-7-4-8-18-10-12)15(22-21-14)20-16(23)19-9-11-5-2-1-3-6-11/h1-8,10H,9H2,(H5,17,19,20,21,22,23). The second kappa shape index (κ2) is 6.61. The summed E-state index contributed by atoms with van der Waals surface area (Å²) in [5, 5.41) is 12.2. The van der Waals surface area contributed by atoms with Gasteiger partial charge in [0.1, 0.15) is 5.82 Å². The summed E-state index contributed by atoms with van der Waals surface area (Å²) in [5.41, 5.74) is 8.30. The lowest BCUT2D eigenvalue weighted by Gasteiger charge is -2.08. The van der Waals surface area contributed by atoms with Crippen LogP contribution in [0.5, 0.6) is 0 Å². The van der Waals surface area contributed by atoms with Crippen molar-refractivity contribution in [1.82, 2.24) is 20.5 Å². The third-order valence-corrected chi connectivity index (χ3v) is 3.27. The summed E-state index contributed by atoms with van der Waals surface area (Å²) in [6, 6.07) is 12.9. The summed E-state index contributed by atoms with van der Waals surface area (Å²) >= 11 is 0. The molecule has 7 nitrogen and oxygen atoms in total. The zero-order valence-corrected chi connectivity index (χ0v) is 12.3. The average molecular weight is 308 g/mol. The van der Waals surface area contributed by atoms with Crippen molar-refractivity contribution in [3.63, 3.8) is 0 Å². The Balaban J connectivity index is 1.70. The topological polar surface area (TPSA) is 109 Å². The second-order valence-corrected chi connectivity index (χ2v) is 4.90. The summed E-state index contributed by atoms with van der Waals surface area (Å²) < 4.78 is 0. The highest BCUT2D eigenvalue weighted by molar-refractivity contribution is 5.95. The normalized spacial score (nSPS) is 10.3. The van der Waals surface area contributed by atoms with Gasteiger partial charge in [0.25, 0.3) is 0 Å². The van der Waals surface area contributed by atoms with Crippen LogP contribution in [-0.4, -0.2) is 21.2 Å². The Bertz CT molecular complexity index is 785. The molecule has 23 heavy (non-hydrogen) atoms. The Hall–Kier alpha value is -3.35. The number of urea groups is 1. The van der Waals surface area contributed by atoms with Crippen LogP contribution in [0.1, 0.15) is 5.56 Å². The maximum Gasteiger partial charge on any atom is 0.320 e. The van der Waals surface area contributed by atoms with Crippen LogP contribution in [0, 0.1) is 0 Å². The molecule has 0 spiro atoms. The number of nitrogens with one attached hydrogen (secondary N) is 3. The summed E-state index contributed by atoms with van der Waals surface area (Å²) in [7, 11) is 0. The van der Waals surface area contributed by atoms with Gasteiger partial charge in [0, 0.05) is 24.5 Å². The molecule has 0 fully saturated rings. The maximum absolute atomic E-state index is 12.0. The van der Waals surface area contributed by atoms with Crippen LogP contribution in [0.25, 0.3) is 11.1 Å². The van der Waals surface area contributed by atoms with Gasteiger partial charge in [-0.3, -0.25) is 15.4 Å². The largest absolute Gasteiger partial charge is 0.383 e. The van der Waals surface area contributed by atoms with E-state index in [4.69, 9.17) is 5.73 Å². The van der Waals surface area contributed by atoms with Gasteiger partial charge in [-0.05, 0) is 11.6 Å². The maximum atomic E-state index is 12.0. The number of carbonyl (C=O) groups is 1. The van der Waals surface area contributed by atoms with Crippen LogP contribution in [0.4, 0.5) is 16.4 Å². The lowest BCUT2D eigenvalue weighted by Crippen LogP contribution is -2.28. The van der Waals surface area contributed by atoms with Gasteiger partial charge in [-0.25, -0.2) is 4.79 Å². The Kier molecular flexibility index (Phi) is 4.19. The van der Waals surface area contributed by atoms with E-state index < -0.39 is 0 Å². The fourth-order valence-corrected chi connectivity index (χ4v) is 2.18. The highest BCUT2D eigenvalue weighted by Gasteiger charge is 2.15. The average Bonchev–Trinajstić information content (AvgIpc) is 2.95. The Morgan fingerprint density at radius 2 is 2.00 bits per heavy atom. The van der Waals surface area contributed by atoms with Crippen molar-refractivity contribution in [2.24, 2.45) is 0 Å². The predicted octanol–water partition coefficient (Wildman–Crippen LogP) is 2.38.